The maximum Gasteiger partial charge on any atom is 0.122 e. The molecule has 2 nitrogen and oxygen atoms in total. The molecule has 1 unspecified atom stereocenters. The molecule has 0 aliphatic carbocycles. The molecule has 3 heteroatoms. The molecule has 0 bridgehead atoms. The number of ether oxygens (including phenoxy) is 1. The summed E-state index contributed by atoms with van der Waals surface area (Å²) in [6, 6.07) is 6.18. The van der Waals surface area contributed by atoms with E-state index in [9.17, 15) is 0 Å². The number of hydrogen-bond acceptors (Lipinski definition) is 2. The second-order valence-electron chi connectivity index (χ2n) is 4.07. The van der Waals surface area contributed by atoms with Crippen LogP contribution in [0.15, 0.2) is 22.7 Å². The van der Waals surface area contributed by atoms with Crippen LogP contribution in [-0.4, -0.2) is 13.2 Å². The topological polar surface area (TPSA) is 35.2 Å². The van der Waals surface area contributed by atoms with Gasteiger partial charge in [-0.05, 0) is 36.1 Å². The minimum Gasteiger partial charge on any atom is -0.496 e. The fraction of sp³-hybridized carbons (Fsp3) is 0.500. The summed E-state index contributed by atoms with van der Waals surface area (Å²) in [5, 5.41) is 0. The molecular formula is C12H18BrNO. The van der Waals surface area contributed by atoms with Gasteiger partial charge in [-0.15, -0.1) is 0 Å². The molecule has 1 rings (SSSR count). The summed E-state index contributed by atoms with van der Waals surface area (Å²) < 4.78 is 6.37. The zero-order chi connectivity index (χ0) is 11.4. The molecule has 0 amide bonds. The van der Waals surface area contributed by atoms with Crippen LogP contribution in [0.2, 0.25) is 0 Å². The summed E-state index contributed by atoms with van der Waals surface area (Å²) in [6.45, 7) is 4.27. The van der Waals surface area contributed by atoms with Crippen LogP contribution in [0.1, 0.15) is 19.4 Å². The lowest BCUT2D eigenvalue weighted by atomic mass is 9.97. The van der Waals surface area contributed by atoms with Gasteiger partial charge < -0.3 is 10.5 Å². The minimum absolute atomic E-state index is 0.174. The van der Waals surface area contributed by atoms with Crippen LogP contribution in [0.5, 0.6) is 5.75 Å². The van der Waals surface area contributed by atoms with E-state index in [-0.39, 0.29) is 6.04 Å². The number of nitrogens with two attached hydrogens (primary N) is 1. The van der Waals surface area contributed by atoms with Gasteiger partial charge in [-0.25, -0.2) is 0 Å². The predicted molar refractivity (Wildman–Crippen MR) is 67.2 cm³/mol. The summed E-state index contributed by atoms with van der Waals surface area (Å²) >= 11 is 3.46. The van der Waals surface area contributed by atoms with Gasteiger partial charge in [0.05, 0.1) is 7.11 Å². The third-order valence-corrected chi connectivity index (χ3v) is 3.05. The molecule has 0 aliphatic rings. The van der Waals surface area contributed by atoms with E-state index in [0.717, 1.165) is 22.2 Å². The van der Waals surface area contributed by atoms with E-state index in [4.69, 9.17) is 10.5 Å². The maximum atomic E-state index is 6.05. The summed E-state index contributed by atoms with van der Waals surface area (Å²) in [5.74, 6) is 1.39. The summed E-state index contributed by atoms with van der Waals surface area (Å²) in [5.41, 5.74) is 7.21. The van der Waals surface area contributed by atoms with Gasteiger partial charge in [0.2, 0.25) is 0 Å². The third kappa shape index (κ3) is 3.50. The Labute approximate surface area is 99.9 Å². The number of rotatable bonds is 4. The minimum atomic E-state index is 0.174. The van der Waals surface area contributed by atoms with E-state index in [1.807, 2.05) is 12.1 Å². The molecule has 0 fully saturated rings. The predicted octanol–water partition coefficient (Wildman–Crippen LogP) is 2.98. The van der Waals surface area contributed by atoms with Crippen molar-refractivity contribution in [1.29, 1.82) is 0 Å². The Morgan fingerprint density at radius 3 is 2.60 bits per heavy atom. The van der Waals surface area contributed by atoms with Crippen molar-refractivity contribution < 1.29 is 4.74 Å². The molecule has 0 saturated carbocycles. The second-order valence-corrected chi connectivity index (χ2v) is 4.98. The van der Waals surface area contributed by atoms with Crippen molar-refractivity contribution in [3.8, 4) is 5.75 Å². The average Bonchev–Trinajstić information content (AvgIpc) is 2.18. The molecule has 1 atom stereocenters. The zero-order valence-electron chi connectivity index (χ0n) is 9.46. The molecule has 15 heavy (non-hydrogen) atoms. The van der Waals surface area contributed by atoms with E-state index in [1.165, 1.54) is 0 Å². The lowest BCUT2D eigenvalue weighted by molar-refractivity contribution is 0.403. The molecule has 1 aromatic carbocycles. The summed E-state index contributed by atoms with van der Waals surface area (Å²) in [7, 11) is 1.69. The van der Waals surface area contributed by atoms with Crippen molar-refractivity contribution in [2.24, 2.45) is 11.7 Å². The molecule has 0 radical (unpaired) electrons. The number of methoxy groups -OCH3 is 1. The van der Waals surface area contributed by atoms with Crippen molar-refractivity contribution in [2.45, 2.75) is 26.3 Å². The van der Waals surface area contributed by atoms with Crippen LogP contribution in [0.3, 0.4) is 0 Å². The molecule has 0 aromatic heterocycles. The largest absolute Gasteiger partial charge is 0.496 e. The molecule has 0 heterocycles. The van der Waals surface area contributed by atoms with Gasteiger partial charge in [-0.1, -0.05) is 29.8 Å². The Hall–Kier alpha value is -0.540. The van der Waals surface area contributed by atoms with E-state index in [2.05, 4.69) is 35.8 Å². The molecule has 2 N–H and O–H groups in total. The first kappa shape index (κ1) is 12.5. The fourth-order valence-electron chi connectivity index (χ4n) is 1.40. The van der Waals surface area contributed by atoms with Crippen molar-refractivity contribution in [1.82, 2.24) is 0 Å². The highest BCUT2D eigenvalue weighted by molar-refractivity contribution is 9.10. The van der Waals surface area contributed by atoms with Crippen LogP contribution in [0.4, 0.5) is 0 Å². The standard InChI is InChI=1S/C12H18BrNO/c1-8(2)11(14)7-9-6-10(13)4-5-12(9)15-3/h4-6,8,11H,7,14H2,1-3H3. The van der Waals surface area contributed by atoms with E-state index >= 15 is 0 Å². The highest BCUT2D eigenvalue weighted by atomic mass is 79.9. The highest BCUT2D eigenvalue weighted by Gasteiger charge is 2.12. The Bertz CT molecular complexity index is 325. The Balaban J connectivity index is 2.87. The smallest absolute Gasteiger partial charge is 0.122 e. The van der Waals surface area contributed by atoms with E-state index in [0.29, 0.717) is 5.92 Å². The van der Waals surface area contributed by atoms with Crippen LogP contribution in [-0.2, 0) is 6.42 Å². The van der Waals surface area contributed by atoms with E-state index < -0.39 is 0 Å². The second kappa shape index (κ2) is 5.52. The highest BCUT2D eigenvalue weighted by Crippen LogP contribution is 2.24. The van der Waals surface area contributed by atoms with Gasteiger partial charge in [0.15, 0.2) is 0 Å². The molecule has 1 aromatic rings. The quantitative estimate of drug-likeness (QED) is 0.914. The Kier molecular flexibility index (Phi) is 4.61. The van der Waals surface area contributed by atoms with Crippen molar-refractivity contribution in [2.75, 3.05) is 7.11 Å². The first-order chi connectivity index (χ1) is 7.04. The van der Waals surface area contributed by atoms with Gasteiger partial charge >= 0.3 is 0 Å². The average molecular weight is 272 g/mol. The first-order valence-electron chi connectivity index (χ1n) is 5.12. The molecule has 0 spiro atoms. The van der Waals surface area contributed by atoms with Gasteiger partial charge in [-0.3, -0.25) is 0 Å². The molecule has 84 valence electrons. The number of halogens is 1. The number of benzene rings is 1. The van der Waals surface area contributed by atoms with Crippen molar-refractivity contribution in [3.05, 3.63) is 28.2 Å². The van der Waals surface area contributed by atoms with Crippen LogP contribution < -0.4 is 10.5 Å². The maximum absolute atomic E-state index is 6.05. The number of hydrogen-bond donors (Lipinski definition) is 1. The molecular weight excluding hydrogens is 254 g/mol. The van der Waals surface area contributed by atoms with Crippen molar-refractivity contribution >= 4 is 15.9 Å². The lowest BCUT2D eigenvalue weighted by Crippen LogP contribution is -2.28. The van der Waals surface area contributed by atoms with Gasteiger partial charge in [0.25, 0.3) is 0 Å². The summed E-state index contributed by atoms with van der Waals surface area (Å²) in [4.78, 5) is 0. The molecule has 0 saturated heterocycles. The zero-order valence-corrected chi connectivity index (χ0v) is 11.0. The molecule has 0 aliphatic heterocycles. The van der Waals surface area contributed by atoms with Crippen LogP contribution in [0.25, 0.3) is 0 Å². The van der Waals surface area contributed by atoms with E-state index in [1.54, 1.807) is 7.11 Å². The lowest BCUT2D eigenvalue weighted by Gasteiger charge is -2.17. The third-order valence-electron chi connectivity index (χ3n) is 2.55. The van der Waals surface area contributed by atoms with Crippen LogP contribution >= 0.6 is 15.9 Å². The van der Waals surface area contributed by atoms with Gasteiger partial charge in [0, 0.05) is 10.5 Å². The Morgan fingerprint density at radius 1 is 1.40 bits per heavy atom. The van der Waals surface area contributed by atoms with Crippen LogP contribution in [0, 0.1) is 5.92 Å². The SMILES string of the molecule is COc1ccc(Br)cc1CC(N)C(C)C. The normalized spacial score (nSPS) is 12.9. The monoisotopic (exact) mass is 271 g/mol. The van der Waals surface area contributed by atoms with Gasteiger partial charge in [0.1, 0.15) is 5.75 Å². The first-order valence-corrected chi connectivity index (χ1v) is 5.92. The Morgan fingerprint density at radius 2 is 2.07 bits per heavy atom. The fourth-order valence-corrected chi connectivity index (χ4v) is 1.80. The van der Waals surface area contributed by atoms with Gasteiger partial charge in [-0.2, -0.15) is 0 Å². The summed E-state index contributed by atoms with van der Waals surface area (Å²) in [6.07, 6.45) is 0.848. The van der Waals surface area contributed by atoms with Crippen molar-refractivity contribution in [3.63, 3.8) is 0 Å².